The van der Waals surface area contributed by atoms with E-state index in [1.165, 1.54) is 0 Å². The molecule has 0 radical (unpaired) electrons. The highest BCUT2D eigenvalue weighted by Crippen LogP contribution is 2.32. The average molecular weight is 441 g/mol. The van der Waals surface area contributed by atoms with Crippen molar-refractivity contribution >= 4 is 22.8 Å². The molecule has 2 aromatic heterocycles. The van der Waals surface area contributed by atoms with Crippen LogP contribution in [0.2, 0.25) is 0 Å². The van der Waals surface area contributed by atoms with Gasteiger partial charge in [0.25, 0.3) is 5.91 Å². The Kier molecular flexibility index (Phi) is 6.04. The molecule has 1 fully saturated rings. The van der Waals surface area contributed by atoms with Crippen LogP contribution in [0.3, 0.4) is 0 Å². The van der Waals surface area contributed by atoms with E-state index in [4.69, 9.17) is 0 Å². The first kappa shape index (κ1) is 21.2. The van der Waals surface area contributed by atoms with Gasteiger partial charge < -0.3 is 15.2 Å². The number of rotatable bonds is 6. The number of fused-ring (bicyclic) bond motifs is 1. The molecule has 5 rings (SSSR count). The van der Waals surface area contributed by atoms with E-state index in [1.54, 1.807) is 12.4 Å². The smallest absolute Gasteiger partial charge is 0.268 e. The van der Waals surface area contributed by atoms with Crippen LogP contribution >= 0.6 is 0 Å². The summed E-state index contributed by atoms with van der Waals surface area (Å²) in [6.45, 7) is 6.46. The predicted molar refractivity (Wildman–Crippen MR) is 131 cm³/mol. The van der Waals surface area contributed by atoms with Gasteiger partial charge in [-0.3, -0.25) is 9.69 Å². The molecule has 4 aromatic rings. The van der Waals surface area contributed by atoms with Gasteiger partial charge in [0.15, 0.2) is 0 Å². The molecule has 0 saturated carbocycles. The summed E-state index contributed by atoms with van der Waals surface area (Å²) in [6.07, 6.45) is 3.56. The third kappa shape index (κ3) is 4.59. The molecule has 7 heteroatoms. The van der Waals surface area contributed by atoms with Gasteiger partial charge in [-0.15, -0.1) is 0 Å². The molecule has 1 aliphatic rings. The monoisotopic (exact) mass is 440 g/mol. The number of hydrogen-bond donors (Lipinski definition) is 2. The first-order valence-corrected chi connectivity index (χ1v) is 11.4. The topological polar surface area (TPSA) is 77.2 Å². The highest BCUT2D eigenvalue weighted by Gasteiger charge is 2.23. The van der Waals surface area contributed by atoms with Gasteiger partial charge in [0, 0.05) is 67.6 Å². The number of aromatic nitrogens is 3. The Balaban J connectivity index is 1.26. The van der Waals surface area contributed by atoms with Crippen molar-refractivity contribution < 1.29 is 4.79 Å². The fourth-order valence-corrected chi connectivity index (χ4v) is 4.53. The van der Waals surface area contributed by atoms with Crippen molar-refractivity contribution in [1.82, 2.24) is 25.2 Å². The van der Waals surface area contributed by atoms with Gasteiger partial charge in [-0.25, -0.2) is 9.97 Å². The minimum absolute atomic E-state index is 0.0204. The fourth-order valence-electron chi connectivity index (χ4n) is 4.53. The van der Waals surface area contributed by atoms with Crippen molar-refractivity contribution in [2.45, 2.75) is 13.0 Å². The first-order chi connectivity index (χ1) is 16.2. The summed E-state index contributed by atoms with van der Waals surface area (Å²) in [5.74, 6) is 0.708. The van der Waals surface area contributed by atoms with E-state index in [9.17, 15) is 4.79 Å². The molecule has 2 N–H and O–H groups in total. The number of nitrogens with one attached hydrogen (secondary N) is 2. The summed E-state index contributed by atoms with van der Waals surface area (Å²) in [7, 11) is 0. The first-order valence-electron chi connectivity index (χ1n) is 11.4. The molecule has 2 aromatic carbocycles. The number of aromatic amines is 1. The lowest BCUT2D eigenvalue weighted by Gasteiger charge is -2.35. The van der Waals surface area contributed by atoms with Crippen molar-refractivity contribution in [1.29, 1.82) is 0 Å². The van der Waals surface area contributed by atoms with E-state index < -0.39 is 0 Å². The molecule has 33 heavy (non-hydrogen) atoms. The summed E-state index contributed by atoms with van der Waals surface area (Å²) >= 11 is 0. The Labute approximate surface area is 193 Å². The molecule has 3 heterocycles. The van der Waals surface area contributed by atoms with Gasteiger partial charge in [-0.05, 0) is 24.6 Å². The minimum Gasteiger partial charge on any atom is -0.350 e. The Morgan fingerprint density at radius 1 is 0.970 bits per heavy atom. The number of piperazine rings is 1. The van der Waals surface area contributed by atoms with Gasteiger partial charge in [-0.2, -0.15) is 0 Å². The van der Waals surface area contributed by atoms with Gasteiger partial charge in [0.2, 0.25) is 5.95 Å². The summed E-state index contributed by atoms with van der Waals surface area (Å²) in [6, 6.07) is 20.0. The molecule has 0 aliphatic carbocycles. The zero-order valence-corrected chi connectivity index (χ0v) is 18.7. The summed E-state index contributed by atoms with van der Waals surface area (Å²) < 4.78 is 0. The maximum atomic E-state index is 13.3. The lowest BCUT2D eigenvalue weighted by molar-refractivity contribution is 0.0924. The molecular weight excluding hydrogens is 412 g/mol. The quantitative estimate of drug-likeness (QED) is 0.479. The zero-order valence-electron chi connectivity index (χ0n) is 18.7. The summed E-state index contributed by atoms with van der Waals surface area (Å²) in [5.41, 5.74) is 3.56. The SMILES string of the molecule is CC(CN1CCN(c2ncccn2)CC1)NC(=O)c1[nH]c2ccccc2c1-c1ccccc1. The van der Waals surface area contributed by atoms with Gasteiger partial charge >= 0.3 is 0 Å². The Morgan fingerprint density at radius 2 is 1.67 bits per heavy atom. The van der Waals surface area contributed by atoms with Crippen LogP contribution in [0.15, 0.2) is 73.1 Å². The molecule has 168 valence electrons. The van der Waals surface area contributed by atoms with Crippen molar-refractivity contribution in [3.8, 4) is 11.1 Å². The standard InChI is InChI=1S/C26H28N6O/c1-19(18-31-14-16-32(17-15-31)26-27-12-7-13-28-26)29-25(33)24-23(20-8-3-2-4-9-20)21-10-5-6-11-22(21)30-24/h2-13,19,30H,14-18H2,1H3,(H,29,33). The average Bonchev–Trinajstić information content (AvgIpc) is 3.25. The predicted octanol–water partition coefficient (Wildman–Crippen LogP) is 3.57. The number of carbonyl (C=O) groups excluding carboxylic acids is 1. The van der Waals surface area contributed by atoms with E-state index in [0.29, 0.717) is 5.69 Å². The van der Waals surface area contributed by atoms with E-state index in [0.717, 1.165) is 60.7 Å². The van der Waals surface area contributed by atoms with Crippen LogP contribution in [0, 0.1) is 0 Å². The van der Waals surface area contributed by atoms with Crippen LogP contribution in [-0.4, -0.2) is 64.5 Å². The van der Waals surface area contributed by atoms with Crippen molar-refractivity contribution in [3.05, 3.63) is 78.8 Å². The third-order valence-corrected chi connectivity index (χ3v) is 6.11. The minimum atomic E-state index is -0.0751. The number of para-hydroxylation sites is 1. The number of anilines is 1. The van der Waals surface area contributed by atoms with E-state index in [1.807, 2.05) is 54.6 Å². The molecule has 1 atom stereocenters. The Morgan fingerprint density at radius 3 is 2.42 bits per heavy atom. The molecule has 0 spiro atoms. The largest absolute Gasteiger partial charge is 0.350 e. The molecule has 1 saturated heterocycles. The Hall–Kier alpha value is -3.71. The number of amides is 1. The van der Waals surface area contributed by atoms with Crippen molar-refractivity contribution in [2.24, 2.45) is 0 Å². The molecular formula is C26H28N6O. The number of hydrogen-bond acceptors (Lipinski definition) is 5. The van der Waals surface area contributed by atoms with E-state index in [-0.39, 0.29) is 11.9 Å². The van der Waals surface area contributed by atoms with Crippen LogP contribution in [0.1, 0.15) is 17.4 Å². The molecule has 1 amide bonds. The molecule has 1 aliphatic heterocycles. The number of nitrogens with zero attached hydrogens (tertiary/aromatic N) is 4. The summed E-state index contributed by atoms with van der Waals surface area (Å²) in [4.78, 5) is 29.9. The lowest BCUT2D eigenvalue weighted by Crippen LogP contribution is -2.51. The normalized spacial score (nSPS) is 15.5. The van der Waals surface area contributed by atoms with Crippen LogP contribution in [0.5, 0.6) is 0 Å². The van der Waals surface area contributed by atoms with E-state index in [2.05, 4.69) is 43.1 Å². The van der Waals surface area contributed by atoms with Crippen molar-refractivity contribution in [3.63, 3.8) is 0 Å². The maximum absolute atomic E-state index is 13.3. The second-order valence-electron chi connectivity index (χ2n) is 8.50. The van der Waals surface area contributed by atoms with Gasteiger partial charge in [0.05, 0.1) is 0 Å². The second-order valence-corrected chi connectivity index (χ2v) is 8.50. The third-order valence-electron chi connectivity index (χ3n) is 6.11. The zero-order chi connectivity index (χ0) is 22.6. The molecule has 1 unspecified atom stereocenters. The molecule has 0 bridgehead atoms. The lowest BCUT2D eigenvalue weighted by atomic mass is 10.0. The number of carbonyl (C=O) groups is 1. The Bertz CT molecular complexity index is 1220. The van der Waals surface area contributed by atoms with Crippen molar-refractivity contribution in [2.75, 3.05) is 37.6 Å². The van der Waals surface area contributed by atoms with Gasteiger partial charge in [0.1, 0.15) is 5.69 Å². The highest BCUT2D eigenvalue weighted by molar-refractivity contribution is 6.09. The highest BCUT2D eigenvalue weighted by atomic mass is 16.2. The number of benzene rings is 2. The van der Waals surface area contributed by atoms with E-state index >= 15 is 0 Å². The maximum Gasteiger partial charge on any atom is 0.268 e. The fraction of sp³-hybridized carbons (Fsp3) is 0.269. The van der Waals surface area contributed by atoms with Crippen LogP contribution in [0.4, 0.5) is 5.95 Å². The summed E-state index contributed by atoms with van der Waals surface area (Å²) in [5, 5.41) is 4.26. The number of H-pyrrole nitrogens is 1. The van der Waals surface area contributed by atoms with Crippen LogP contribution < -0.4 is 10.2 Å². The second kappa shape index (κ2) is 9.42. The molecule has 7 nitrogen and oxygen atoms in total. The van der Waals surface area contributed by atoms with Crippen LogP contribution in [0.25, 0.3) is 22.0 Å². The van der Waals surface area contributed by atoms with Gasteiger partial charge in [-0.1, -0.05) is 48.5 Å². The van der Waals surface area contributed by atoms with Crippen LogP contribution in [-0.2, 0) is 0 Å².